The smallest absolute Gasteiger partial charge is 0.379 e. The molecule has 0 fully saturated rings. The molecular formula is C32H26ClFN2O4. The fourth-order valence-corrected chi connectivity index (χ4v) is 5.05. The van der Waals surface area contributed by atoms with Crippen LogP contribution in [0.1, 0.15) is 32.6 Å². The van der Waals surface area contributed by atoms with Crippen LogP contribution in [0.2, 0.25) is 5.15 Å². The van der Waals surface area contributed by atoms with Crippen LogP contribution in [0.5, 0.6) is 5.75 Å². The van der Waals surface area contributed by atoms with E-state index >= 15 is 4.39 Å². The van der Waals surface area contributed by atoms with Crippen molar-refractivity contribution in [2.24, 2.45) is 0 Å². The van der Waals surface area contributed by atoms with Crippen LogP contribution in [0.3, 0.4) is 0 Å². The third-order valence-corrected chi connectivity index (χ3v) is 7.25. The number of methoxy groups -OCH3 is 1. The van der Waals surface area contributed by atoms with Gasteiger partial charge < -0.3 is 9.47 Å². The number of aryl methyl sites for hydroxylation is 2. The van der Waals surface area contributed by atoms with Gasteiger partial charge in [0.05, 0.1) is 23.9 Å². The number of fused-ring (bicyclic) bond motifs is 1. The molecule has 0 aliphatic rings. The summed E-state index contributed by atoms with van der Waals surface area (Å²) in [5.41, 5.74) is 5.81. The molecular weight excluding hydrogens is 531 g/mol. The van der Waals surface area contributed by atoms with E-state index in [4.69, 9.17) is 21.3 Å². The van der Waals surface area contributed by atoms with Crippen molar-refractivity contribution in [3.63, 3.8) is 0 Å². The first-order valence-electron chi connectivity index (χ1n) is 12.6. The number of esters is 1. The third-order valence-electron chi connectivity index (χ3n) is 6.88. The van der Waals surface area contributed by atoms with E-state index in [0.717, 1.165) is 18.2 Å². The molecule has 0 N–H and O–H groups in total. The zero-order valence-corrected chi connectivity index (χ0v) is 23.2. The molecule has 2 heterocycles. The number of ketones is 1. The van der Waals surface area contributed by atoms with E-state index in [-0.39, 0.29) is 10.7 Å². The molecule has 2 aromatic heterocycles. The second-order valence-corrected chi connectivity index (χ2v) is 9.89. The number of nitrogens with zero attached hydrogens (tertiary/aromatic N) is 2. The maximum atomic E-state index is 15.4. The Morgan fingerprint density at radius 3 is 2.40 bits per heavy atom. The van der Waals surface area contributed by atoms with Crippen LogP contribution in [0.4, 0.5) is 4.39 Å². The molecule has 0 amide bonds. The molecule has 3 aromatic carbocycles. The molecule has 202 valence electrons. The molecule has 0 radical (unpaired) electrons. The van der Waals surface area contributed by atoms with Crippen molar-refractivity contribution in [3.05, 3.63) is 112 Å². The fraction of sp³-hybridized carbons (Fsp3) is 0.156. The molecule has 0 unspecified atom stereocenters. The Morgan fingerprint density at radius 1 is 0.950 bits per heavy atom. The maximum absolute atomic E-state index is 15.4. The minimum absolute atomic E-state index is 0.0598. The molecule has 0 atom stereocenters. The predicted octanol–water partition coefficient (Wildman–Crippen LogP) is 7.32. The summed E-state index contributed by atoms with van der Waals surface area (Å²) >= 11 is 6.61. The number of aromatic nitrogens is 2. The Bertz CT molecular complexity index is 1780. The second-order valence-electron chi connectivity index (χ2n) is 9.53. The van der Waals surface area contributed by atoms with Gasteiger partial charge in [0.15, 0.2) is 0 Å². The average molecular weight is 557 g/mol. The second kappa shape index (κ2) is 10.9. The molecule has 40 heavy (non-hydrogen) atoms. The molecule has 5 aromatic rings. The molecule has 0 bridgehead atoms. The normalized spacial score (nSPS) is 11.1. The van der Waals surface area contributed by atoms with Gasteiger partial charge in [-0.15, -0.1) is 0 Å². The number of ether oxygens (including phenoxy) is 2. The fourth-order valence-electron chi connectivity index (χ4n) is 4.70. The molecule has 0 aliphatic carbocycles. The summed E-state index contributed by atoms with van der Waals surface area (Å²) in [5.74, 6) is -1.78. The quantitative estimate of drug-likeness (QED) is 0.0909. The number of hydrogen-bond donors (Lipinski definition) is 0. The number of benzene rings is 3. The average Bonchev–Trinajstić information content (AvgIpc) is 3.41. The highest BCUT2D eigenvalue weighted by atomic mass is 35.5. The van der Waals surface area contributed by atoms with Crippen molar-refractivity contribution in [1.29, 1.82) is 0 Å². The van der Waals surface area contributed by atoms with E-state index in [1.165, 1.54) is 6.07 Å². The summed E-state index contributed by atoms with van der Waals surface area (Å²) in [6, 6.07) is 20.3. The van der Waals surface area contributed by atoms with Crippen molar-refractivity contribution < 1.29 is 23.5 Å². The van der Waals surface area contributed by atoms with Crippen LogP contribution in [-0.4, -0.2) is 28.2 Å². The van der Waals surface area contributed by atoms with Gasteiger partial charge >= 0.3 is 5.97 Å². The standard InChI is InChI=1S/C32H26ClFN2O4/c1-18-13-24(34)28(26(14-18)40-17-21-9-6-5-7-10-21)23-12-8-11-22(15-23)25-16-36-30(33)27(29(37)32(38)39-4)19(2)20(3)31(36)35-25/h5-16H,17H2,1-4H3. The summed E-state index contributed by atoms with van der Waals surface area (Å²) in [6.07, 6.45) is 1.69. The van der Waals surface area contributed by atoms with Gasteiger partial charge in [-0.05, 0) is 66.8 Å². The first-order chi connectivity index (χ1) is 19.2. The van der Waals surface area contributed by atoms with Gasteiger partial charge in [-0.25, -0.2) is 14.2 Å². The number of Topliss-reactive ketones (excluding diaryl/α,β-unsaturated/α-hetero) is 1. The lowest BCUT2D eigenvalue weighted by molar-refractivity contribution is -0.135. The highest BCUT2D eigenvalue weighted by Crippen LogP contribution is 2.37. The van der Waals surface area contributed by atoms with E-state index in [0.29, 0.717) is 51.5 Å². The summed E-state index contributed by atoms with van der Waals surface area (Å²) in [7, 11) is 1.15. The Hall–Kier alpha value is -4.49. The molecule has 0 aliphatic heterocycles. The Balaban J connectivity index is 1.58. The zero-order chi connectivity index (χ0) is 28.6. The van der Waals surface area contributed by atoms with Crippen LogP contribution in [-0.2, 0) is 16.1 Å². The summed E-state index contributed by atoms with van der Waals surface area (Å²) in [5, 5.41) is 0.0598. The largest absolute Gasteiger partial charge is 0.488 e. The topological polar surface area (TPSA) is 69.9 Å². The monoisotopic (exact) mass is 556 g/mol. The van der Waals surface area contributed by atoms with Crippen LogP contribution in [0.15, 0.2) is 72.9 Å². The maximum Gasteiger partial charge on any atom is 0.379 e. The number of carbonyl (C=O) groups excluding carboxylic acids is 2. The van der Waals surface area contributed by atoms with E-state index in [1.807, 2.05) is 67.6 Å². The van der Waals surface area contributed by atoms with Crippen LogP contribution in [0.25, 0.3) is 28.0 Å². The van der Waals surface area contributed by atoms with Crippen LogP contribution < -0.4 is 4.74 Å². The predicted molar refractivity (Wildman–Crippen MR) is 152 cm³/mol. The lowest BCUT2D eigenvalue weighted by atomic mass is 9.99. The van der Waals surface area contributed by atoms with Gasteiger partial charge in [0.1, 0.15) is 29.0 Å². The van der Waals surface area contributed by atoms with Crippen molar-refractivity contribution in [2.45, 2.75) is 27.4 Å². The summed E-state index contributed by atoms with van der Waals surface area (Å²) < 4.78 is 27.7. The number of hydrogen-bond acceptors (Lipinski definition) is 5. The number of imidazole rings is 1. The molecule has 5 rings (SSSR count). The van der Waals surface area contributed by atoms with E-state index < -0.39 is 17.6 Å². The molecule has 0 saturated heterocycles. The van der Waals surface area contributed by atoms with Crippen LogP contribution in [0, 0.1) is 26.6 Å². The van der Waals surface area contributed by atoms with Gasteiger partial charge in [0, 0.05) is 11.8 Å². The number of pyridine rings is 1. The number of halogens is 2. The Labute approximate surface area is 236 Å². The van der Waals surface area contributed by atoms with Crippen molar-refractivity contribution >= 4 is 29.0 Å². The number of carbonyl (C=O) groups is 2. The summed E-state index contributed by atoms with van der Waals surface area (Å²) in [4.78, 5) is 29.4. The van der Waals surface area contributed by atoms with Crippen molar-refractivity contribution in [2.75, 3.05) is 7.11 Å². The zero-order valence-electron chi connectivity index (χ0n) is 22.4. The number of rotatable bonds is 7. The Kier molecular flexibility index (Phi) is 7.41. The van der Waals surface area contributed by atoms with E-state index in [1.54, 1.807) is 24.4 Å². The van der Waals surface area contributed by atoms with Gasteiger partial charge in [-0.3, -0.25) is 9.20 Å². The van der Waals surface area contributed by atoms with E-state index in [2.05, 4.69) is 4.74 Å². The van der Waals surface area contributed by atoms with Gasteiger partial charge in [-0.2, -0.15) is 0 Å². The highest BCUT2D eigenvalue weighted by molar-refractivity contribution is 6.45. The Morgan fingerprint density at radius 2 is 1.68 bits per heavy atom. The molecule has 0 spiro atoms. The minimum atomic E-state index is -0.998. The van der Waals surface area contributed by atoms with Crippen LogP contribution >= 0.6 is 11.6 Å². The summed E-state index contributed by atoms with van der Waals surface area (Å²) in [6.45, 7) is 5.64. The molecule has 0 saturated carbocycles. The third kappa shape index (κ3) is 4.96. The molecule has 6 nitrogen and oxygen atoms in total. The van der Waals surface area contributed by atoms with Gasteiger partial charge in [-0.1, -0.05) is 60.1 Å². The lowest BCUT2D eigenvalue weighted by Crippen LogP contribution is -2.19. The molecule has 8 heteroatoms. The van der Waals surface area contributed by atoms with Gasteiger partial charge in [0.2, 0.25) is 0 Å². The van der Waals surface area contributed by atoms with Crippen molar-refractivity contribution in [1.82, 2.24) is 9.38 Å². The highest BCUT2D eigenvalue weighted by Gasteiger charge is 2.26. The van der Waals surface area contributed by atoms with Crippen molar-refractivity contribution in [3.8, 4) is 28.1 Å². The first kappa shape index (κ1) is 27.1. The van der Waals surface area contributed by atoms with Gasteiger partial charge in [0.25, 0.3) is 5.78 Å². The SMILES string of the molecule is COC(=O)C(=O)c1c(C)c(C)c2nc(-c3cccc(-c4c(F)cc(C)cc4OCc4ccccc4)c3)cn2c1Cl. The minimum Gasteiger partial charge on any atom is -0.488 e. The van der Waals surface area contributed by atoms with E-state index in [9.17, 15) is 9.59 Å². The lowest BCUT2D eigenvalue weighted by Gasteiger charge is -2.14. The first-order valence-corrected chi connectivity index (χ1v) is 13.0.